The van der Waals surface area contributed by atoms with E-state index >= 15 is 0 Å². The van der Waals surface area contributed by atoms with Crippen molar-refractivity contribution in [3.8, 4) is 0 Å². The molecule has 1 aliphatic carbocycles. The number of hydrogen-bond donors (Lipinski definition) is 0. The molecule has 4 heteroatoms. The Morgan fingerprint density at radius 3 is 2.42 bits per heavy atom. The van der Waals surface area contributed by atoms with Gasteiger partial charge >= 0.3 is 115 Å². The van der Waals surface area contributed by atoms with Crippen LogP contribution in [-0.2, 0) is 25.2 Å². The monoisotopic (exact) mass is 331 g/mol. The molecule has 1 aromatic rings. The van der Waals surface area contributed by atoms with Crippen LogP contribution in [0.25, 0.3) is 0 Å². The second kappa shape index (κ2) is 9.79. The fourth-order valence-electron chi connectivity index (χ4n) is 2.00. The van der Waals surface area contributed by atoms with E-state index in [4.69, 9.17) is 4.74 Å². The molecule has 1 atom stereocenters. The Balaban J connectivity index is 0.00000162. The van der Waals surface area contributed by atoms with Crippen molar-refractivity contribution in [1.82, 2.24) is 0 Å². The van der Waals surface area contributed by atoms with Gasteiger partial charge in [-0.2, -0.15) is 0 Å². The zero-order valence-electron chi connectivity index (χ0n) is 10.9. The molecule has 0 fully saturated rings. The van der Waals surface area contributed by atoms with Crippen molar-refractivity contribution < 1.29 is 50.0 Å². The molecule has 0 heterocycles. The average molecular weight is 332 g/mol. The molecular formula is C15H17Cl2OTi. The van der Waals surface area contributed by atoms with Gasteiger partial charge in [-0.3, -0.25) is 0 Å². The van der Waals surface area contributed by atoms with E-state index in [0.29, 0.717) is 0 Å². The minimum absolute atomic E-state index is 0. The summed E-state index contributed by atoms with van der Waals surface area (Å²) in [6.45, 7) is 2.96. The molecule has 2 rings (SSSR count). The smallest absolute Gasteiger partial charge is 1.00 e. The topological polar surface area (TPSA) is 9.23 Å². The Bertz CT molecular complexity index is 429. The molecule has 0 amide bonds. The number of hydrogen-bond acceptors (Lipinski definition) is 1. The molecule has 1 aliphatic rings. The van der Waals surface area contributed by atoms with Crippen molar-refractivity contribution in [1.29, 1.82) is 0 Å². The maximum absolute atomic E-state index is 6.02. The maximum atomic E-state index is 6.02. The van der Waals surface area contributed by atoms with Crippen LogP contribution >= 0.6 is 0 Å². The standard InChI is InChI=1S/C15H17O.2ClH.Ti/c1-2-12-16-15(14-10-6-7-11-14)13-8-4-3-5-9-13;;;/h3-6,8-10,15H,2,7,12H2,1H3;2*1H;/q;;;+2/p-2. The van der Waals surface area contributed by atoms with Crippen molar-refractivity contribution in [2.45, 2.75) is 25.9 Å². The first-order valence-electron chi connectivity index (χ1n) is 6.10. The van der Waals surface area contributed by atoms with Gasteiger partial charge in [0.15, 0.2) is 0 Å². The van der Waals surface area contributed by atoms with Gasteiger partial charge in [0.05, 0.1) is 0 Å². The van der Waals surface area contributed by atoms with Crippen molar-refractivity contribution in [3.05, 3.63) is 57.5 Å². The minimum Gasteiger partial charge on any atom is -1.00 e. The number of benzene rings is 1. The molecule has 0 aliphatic heterocycles. The largest absolute Gasteiger partial charge is 1.00 e. The van der Waals surface area contributed by atoms with E-state index in [0.717, 1.165) is 19.4 Å². The summed E-state index contributed by atoms with van der Waals surface area (Å²) in [5.41, 5.74) is 2.59. The molecule has 0 spiro atoms. The van der Waals surface area contributed by atoms with Gasteiger partial charge in [-0.15, -0.1) is 0 Å². The first-order chi connectivity index (χ1) is 8.33. The van der Waals surface area contributed by atoms with Crippen molar-refractivity contribution in [2.24, 2.45) is 0 Å². The average Bonchev–Trinajstić information content (AvgIpc) is 2.78. The van der Waals surface area contributed by atoms with Crippen LogP contribution in [0.4, 0.5) is 0 Å². The number of halogens is 2. The van der Waals surface area contributed by atoms with E-state index in [1.54, 1.807) is 0 Å². The Morgan fingerprint density at radius 1 is 1.21 bits per heavy atom. The van der Waals surface area contributed by atoms with E-state index < -0.39 is 0 Å². The van der Waals surface area contributed by atoms with Crippen molar-refractivity contribution in [2.75, 3.05) is 6.61 Å². The van der Waals surface area contributed by atoms with Gasteiger partial charge in [-0.1, -0.05) is 0 Å². The van der Waals surface area contributed by atoms with E-state index in [1.807, 2.05) is 6.07 Å². The second-order valence-electron chi connectivity index (χ2n) is 4.20. The summed E-state index contributed by atoms with van der Waals surface area (Å²) in [6.07, 6.45) is 6.65. The van der Waals surface area contributed by atoms with E-state index in [1.165, 1.54) is 15.0 Å². The maximum Gasteiger partial charge on any atom is -1.00 e. The fourth-order valence-corrected chi connectivity index (χ4v) is 2.52. The molecule has 101 valence electrons. The Hall–Kier alpha value is -0.0457. The summed E-state index contributed by atoms with van der Waals surface area (Å²) in [4.78, 5) is 0. The summed E-state index contributed by atoms with van der Waals surface area (Å²) in [7, 11) is 0. The molecule has 0 saturated heterocycles. The van der Waals surface area contributed by atoms with Crippen LogP contribution in [0.5, 0.6) is 0 Å². The summed E-state index contributed by atoms with van der Waals surface area (Å²) in [5.74, 6) is 0. The van der Waals surface area contributed by atoms with Crippen molar-refractivity contribution >= 4 is 0 Å². The molecule has 0 bridgehead atoms. The van der Waals surface area contributed by atoms with Gasteiger partial charge < -0.3 is 24.8 Å². The van der Waals surface area contributed by atoms with Crippen LogP contribution in [0.2, 0.25) is 0 Å². The predicted octanol–water partition coefficient (Wildman–Crippen LogP) is -2.08. The van der Waals surface area contributed by atoms with Crippen LogP contribution in [0.1, 0.15) is 31.4 Å². The first-order valence-corrected chi connectivity index (χ1v) is 6.88. The summed E-state index contributed by atoms with van der Waals surface area (Å²) < 4.78 is 7.45. The predicted molar refractivity (Wildman–Crippen MR) is 66.2 cm³/mol. The molecule has 0 N–H and O–H groups in total. The molecule has 0 saturated carbocycles. The molecule has 1 aromatic carbocycles. The van der Waals surface area contributed by atoms with Crippen LogP contribution < -0.4 is 24.8 Å². The zero-order chi connectivity index (χ0) is 12.1. The second-order valence-corrected chi connectivity index (χ2v) is 5.14. The molecule has 0 aromatic heterocycles. The third kappa shape index (κ3) is 5.09. The molecular weight excluding hydrogens is 315 g/mol. The quantitative estimate of drug-likeness (QED) is 0.563. The van der Waals surface area contributed by atoms with Gasteiger partial charge in [-0.05, 0) is 0 Å². The third-order valence-electron chi connectivity index (χ3n) is 2.84. The first kappa shape index (κ1) is 19.0. The Kier molecular flexibility index (Phi) is 9.77. The van der Waals surface area contributed by atoms with Gasteiger partial charge in [0.2, 0.25) is 0 Å². The van der Waals surface area contributed by atoms with E-state index in [9.17, 15) is 0 Å². The van der Waals surface area contributed by atoms with Gasteiger partial charge in [-0.25, -0.2) is 0 Å². The van der Waals surface area contributed by atoms with Crippen LogP contribution in [0.3, 0.4) is 0 Å². The SMILES string of the molecule is CCCOC(C1=[C]([Ti+2])CC=C1)c1ccccc1.[Cl-].[Cl-]. The molecule has 1 unspecified atom stereocenters. The van der Waals surface area contributed by atoms with Gasteiger partial charge in [0, 0.05) is 0 Å². The number of allylic oxidation sites excluding steroid dienone is 2. The number of rotatable bonds is 5. The fraction of sp³-hybridized carbons (Fsp3) is 0.333. The Labute approximate surface area is 139 Å². The van der Waals surface area contributed by atoms with Crippen molar-refractivity contribution in [3.63, 3.8) is 0 Å². The summed E-state index contributed by atoms with van der Waals surface area (Å²) in [5, 5.41) is 0. The normalized spacial score (nSPS) is 14.9. The van der Waals surface area contributed by atoms with Crippen LogP contribution in [0.15, 0.2) is 51.9 Å². The summed E-state index contributed by atoms with van der Waals surface area (Å²) >= 11 is 2.20. The van der Waals surface area contributed by atoms with Gasteiger partial charge in [0.1, 0.15) is 0 Å². The number of ether oxygens (including phenoxy) is 1. The third-order valence-corrected chi connectivity index (χ3v) is 3.61. The van der Waals surface area contributed by atoms with Crippen LogP contribution in [-0.4, -0.2) is 6.61 Å². The molecule has 1 nitrogen and oxygen atoms in total. The van der Waals surface area contributed by atoms with E-state index in [-0.39, 0.29) is 30.9 Å². The minimum atomic E-state index is 0. The van der Waals surface area contributed by atoms with Crippen LogP contribution in [0, 0.1) is 0 Å². The van der Waals surface area contributed by atoms with E-state index in [2.05, 4.69) is 63.8 Å². The molecule has 0 radical (unpaired) electrons. The zero-order valence-corrected chi connectivity index (χ0v) is 14.0. The Morgan fingerprint density at radius 2 is 1.89 bits per heavy atom. The summed E-state index contributed by atoms with van der Waals surface area (Å²) in [6, 6.07) is 10.5. The molecule has 19 heavy (non-hydrogen) atoms. The van der Waals surface area contributed by atoms with Gasteiger partial charge in [0.25, 0.3) is 0 Å².